The number of benzene rings is 2. The zero-order chi connectivity index (χ0) is 16.5. The minimum absolute atomic E-state index is 0.0654. The summed E-state index contributed by atoms with van der Waals surface area (Å²) in [5, 5.41) is 4.07. The molecule has 0 saturated carbocycles. The van der Waals surface area contributed by atoms with E-state index in [-0.39, 0.29) is 11.8 Å². The SMILES string of the molecule is Cc1ccc(-c2noc(C3CC(=O)N(c4ccccc4)C3)n2)cc1. The molecule has 1 aliphatic rings. The smallest absolute Gasteiger partial charge is 0.232 e. The van der Waals surface area contributed by atoms with E-state index in [1.165, 1.54) is 5.56 Å². The molecule has 0 aliphatic carbocycles. The summed E-state index contributed by atoms with van der Waals surface area (Å²) in [6, 6.07) is 17.6. The molecule has 2 heterocycles. The highest BCUT2D eigenvalue weighted by Crippen LogP contribution is 2.31. The van der Waals surface area contributed by atoms with Gasteiger partial charge in [-0.3, -0.25) is 4.79 Å². The van der Waals surface area contributed by atoms with Gasteiger partial charge in [0.25, 0.3) is 0 Å². The number of para-hydroxylation sites is 1. The van der Waals surface area contributed by atoms with E-state index in [2.05, 4.69) is 10.1 Å². The van der Waals surface area contributed by atoms with Gasteiger partial charge < -0.3 is 9.42 Å². The molecular formula is C19H17N3O2. The van der Waals surface area contributed by atoms with E-state index in [1.807, 2.05) is 61.5 Å². The molecule has 0 bridgehead atoms. The average molecular weight is 319 g/mol. The summed E-state index contributed by atoms with van der Waals surface area (Å²) in [7, 11) is 0. The van der Waals surface area contributed by atoms with Crippen LogP contribution in [-0.2, 0) is 4.79 Å². The van der Waals surface area contributed by atoms with Gasteiger partial charge in [-0.25, -0.2) is 0 Å². The van der Waals surface area contributed by atoms with Crippen LogP contribution in [0.5, 0.6) is 0 Å². The van der Waals surface area contributed by atoms with Gasteiger partial charge in [0.2, 0.25) is 17.6 Å². The Morgan fingerprint density at radius 1 is 1.08 bits per heavy atom. The van der Waals surface area contributed by atoms with Crippen molar-refractivity contribution in [3.8, 4) is 11.4 Å². The fourth-order valence-electron chi connectivity index (χ4n) is 2.95. The second-order valence-corrected chi connectivity index (χ2v) is 6.06. The average Bonchev–Trinajstić information content (AvgIpc) is 3.23. The maximum atomic E-state index is 12.3. The second-order valence-electron chi connectivity index (χ2n) is 6.06. The van der Waals surface area contributed by atoms with Crippen molar-refractivity contribution in [3.05, 3.63) is 66.1 Å². The number of nitrogens with zero attached hydrogens (tertiary/aromatic N) is 3. The normalized spacial score (nSPS) is 17.5. The van der Waals surface area contributed by atoms with Crippen molar-refractivity contribution in [3.63, 3.8) is 0 Å². The molecule has 1 aromatic heterocycles. The Morgan fingerprint density at radius 3 is 2.58 bits per heavy atom. The number of aromatic nitrogens is 2. The number of carbonyl (C=O) groups is 1. The van der Waals surface area contributed by atoms with Crippen LogP contribution in [0.1, 0.15) is 23.8 Å². The molecule has 1 atom stereocenters. The fourth-order valence-corrected chi connectivity index (χ4v) is 2.95. The van der Waals surface area contributed by atoms with Crippen LogP contribution in [0, 0.1) is 6.92 Å². The minimum atomic E-state index is -0.0654. The Hall–Kier alpha value is -2.95. The van der Waals surface area contributed by atoms with E-state index in [0.29, 0.717) is 24.7 Å². The van der Waals surface area contributed by atoms with Crippen LogP contribution in [0.4, 0.5) is 5.69 Å². The first kappa shape index (κ1) is 14.6. The van der Waals surface area contributed by atoms with E-state index in [0.717, 1.165) is 11.3 Å². The highest BCUT2D eigenvalue weighted by atomic mass is 16.5. The van der Waals surface area contributed by atoms with Crippen molar-refractivity contribution in [2.45, 2.75) is 19.3 Å². The van der Waals surface area contributed by atoms with Crippen molar-refractivity contribution >= 4 is 11.6 Å². The van der Waals surface area contributed by atoms with Crippen LogP contribution in [0.15, 0.2) is 59.1 Å². The molecule has 5 heteroatoms. The predicted octanol–water partition coefficient (Wildman–Crippen LogP) is 3.57. The van der Waals surface area contributed by atoms with Crippen LogP contribution in [0.25, 0.3) is 11.4 Å². The lowest BCUT2D eigenvalue weighted by Crippen LogP contribution is -2.24. The van der Waals surface area contributed by atoms with Gasteiger partial charge in [-0.2, -0.15) is 4.98 Å². The summed E-state index contributed by atoms with van der Waals surface area (Å²) in [4.78, 5) is 18.6. The van der Waals surface area contributed by atoms with Crippen LogP contribution < -0.4 is 4.90 Å². The number of aryl methyl sites for hydroxylation is 1. The quantitative estimate of drug-likeness (QED) is 0.740. The molecule has 4 rings (SSSR count). The molecule has 5 nitrogen and oxygen atoms in total. The minimum Gasteiger partial charge on any atom is -0.339 e. The van der Waals surface area contributed by atoms with Crippen LogP contribution >= 0.6 is 0 Å². The van der Waals surface area contributed by atoms with Gasteiger partial charge in [-0.15, -0.1) is 0 Å². The standard InChI is InChI=1S/C19H17N3O2/c1-13-7-9-14(10-8-13)18-20-19(24-21-18)15-11-17(23)22(12-15)16-5-3-2-4-6-16/h2-10,15H,11-12H2,1H3. The third-order valence-corrected chi connectivity index (χ3v) is 4.29. The Bertz CT molecular complexity index is 856. The van der Waals surface area contributed by atoms with E-state index < -0.39 is 0 Å². The van der Waals surface area contributed by atoms with Gasteiger partial charge in [0.15, 0.2) is 0 Å². The molecule has 1 unspecified atom stereocenters. The number of amides is 1. The molecule has 1 saturated heterocycles. The maximum Gasteiger partial charge on any atom is 0.232 e. The largest absolute Gasteiger partial charge is 0.339 e. The molecule has 0 spiro atoms. The zero-order valence-corrected chi connectivity index (χ0v) is 13.3. The Morgan fingerprint density at radius 2 is 1.83 bits per heavy atom. The molecule has 2 aromatic carbocycles. The van der Waals surface area contributed by atoms with Gasteiger partial charge in [-0.1, -0.05) is 53.2 Å². The van der Waals surface area contributed by atoms with E-state index >= 15 is 0 Å². The number of rotatable bonds is 3. The Labute approximate surface area is 139 Å². The Balaban J connectivity index is 1.55. The number of anilines is 1. The highest BCUT2D eigenvalue weighted by Gasteiger charge is 2.35. The van der Waals surface area contributed by atoms with Gasteiger partial charge in [0, 0.05) is 24.2 Å². The van der Waals surface area contributed by atoms with Gasteiger partial charge in [0.1, 0.15) is 0 Å². The molecular weight excluding hydrogens is 302 g/mol. The summed E-state index contributed by atoms with van der Waals surface area (Å²) < 4.78 is 5.43. The van der Waals surface area contributed by atoms with Gasteiger partial charge in [-0.05, 0) is 19.1 Å². The van der Waals surface area contributed by atoms with Crippen molar-refractivity contribution in [2.75, 3.05) is 11.4 Å². The topological polar surface area (TPSA) is 59.2 Å². The fraction of sp³-hybridized carbons (Fsp3) is 0.211. The summed E-state index contributed by atoms with van der Waals surface area (Å²) in [6.45, 7) is 2.60. The molecule has 1 aliphatic heterocycles. The maximum absolute atomic E-state index is 12.3. The molecule has 0 N–H and O–H groups in total. The molecule has 24 heavy (non-hydrogen) atoms. The monoisotopic (exact) mass is 319 g/mol. The van der Waals surface area contributed by atoms with E-state index in [1.54, 1.807) is 4.90 Å². The lowest BCUT2D eigenvalue weighted by atomic mass is 10.1. The molecule has 3 aromatic rings. The van der Waals surface area contributed by atoms with E-state index in [4.69, 9.17) is 4.52 Å². The summed E-state index contributed by atoms with van der Waals surface area (Å²) in [5.74, 6) is 1.11. The first-order chi connectivity index (χ1) is 11.7. The van der Waals surface area contributed by atoms with Crippen molar-refractivity contribution in [1.29, 1.82) is 0 Å². The van der Waals surface area contributed by atoms with Crippen LogP contribution in [-0.4, -0.2) is 22.6 Å². The Kier molecular flexibility index (Phi) is 3.61. The van der Waals surface area contributed by atoms with Crippen molar-refractivity contribution in [2.24, 2.45) is 0 Å². The lowest BCUT2D eigenvalue weighted by molar-refractivity contribution is -0.117. The molecule has 0 radical (unpaired) electrons. The van der Waals surface area contributed by atoms with E-state index in [9.17, 15) is 4.79 Å². The number of hydrogen-bond donors (Lipinski definition) is 0. The van der Waals surface area contributed by atoms with Gasteiger partial charge in [0.05, 0.1) is 5.92 Å². The highest BCUT2D eigenvalue weighted by molar-refractivity contribution is 5.96. The van der Waals surface area contributed by atoms with Crippen molar-refractivity contribution in [1.82, 2.24) is 10.1 Å². The predicted molar refractivity (Wildman–Crippen MR) is 90.6 cm³/mol. The third kappa shape index (κ3) is 2.69. The first-order valence-corrected chi connectivity index (χ1v) is 7.97. The summed E-state index contributed by atoms with van der Waals surface area (Å²) >= 11 is 0. The summed E-state index contributed by atoms with van der Waals surface area (Å²) in [6.07, 6.45) is 0.393. The number of carbonyl (C=O) groups excluding carboxylic acids is 1. The first-order valence-electron chi connectivity index (χ1n) is 7.97. The van der Waals surface area contributed by atoms with Crippen LogP contribution in [0.3, 0.4) is 0 Å². The van der Waals surface area contributed by atoms with Crippen molar-refractivity contribution < 1.29 is 9.32 Å². The second kappa shape index (κ2) is 5.92. The molecule has 1 fully saturated rings. The molecule has 1 amide bonds. The molecule has 120 valence electrons. The zero-order valence-electron chi connectivity index (χ0n) is 13.3. The third-order valence-electron chi connectivity index (χ3n) is 4.29. The summed E-state index contributed by atoms with van der Waals surface area (Å²) in [5.41, 5.74) is 3.01. The number of hydrogen-bond acceptors (Lipinski definition) is 4. The van der Waals surface area contributed by atoms with Gasteiger partial charge >= 0.3 is 0 Å². The van der Waals surface area contributed by atoms with Crippen LogP contribution in [0.2, 0.25) is 0 Å². The lowest BCUT2D eigenvalue weighted by Gasteiger charge is -2.15.